The zero-order chi connectivity index (χ0) is 14.5. The second-order valence-corrected chi connectivity index (χ2v) is 4.47. The van der Waals surface area contributed by atoms with Crippen LogP contribution in [-0.4, -0.2) is 18.2 Å². The summed E-state index contributed by atoms with van der Waals surface area (Å²) in [4.78, 5) is 11.2. The van der Waals surface area contributed by atoms with E-state index in [1.807, 2.05) is 43.3 Å². The molecule has 0 spiro atoms. The number of ether oxygens (including phenoxy) is 1. The van der Waals surface area contributed by atoms with Crippen LogP contribution >= 0.6 is 0 Å². The fourth-order valence-electron chi connectivity index (χ4n) is 1.90. The molecule has 2 aromatic rings. The minimum atomic E-state index is -0.356. The van der Waals surface area contributed by atoms with E-state index < -0.39 is 0 Å². The molecule has 0 saturated carbocycles. The number of carbonyl (C=O) groups is 1. The first-order chi connectivity index (χ1) is 9.60. The van der Waals surface area contributed by atoms with Crippen molar-refractivity contribution < 1.29 is 14.6 Å². The van der Waals surface area contributed by atoms with Crippen LogP contribution in [0.3, 0.4) is 0 Å². The summed E-state index contributed by atoms with van der Waals surface area (Å²) in [5.74, 6) is -0.104. The first-order valence-electron chi connectivity index (χ1n) is 6.26. The van der Waals surface area contributed by atoms with Gasteiger partial charge in [0.25, 0.3) is 0 Å². The number of phenols is 1. The topological polar surface area (TPSA) is 46.5 Å². The van der Waals surface area contributed by atoms with E-state index in [1.54, 1.807) is 12.1 Å². The Morgan fingerprint density at radius 3 is 2.00 bits per heavy atom. The minimum Gasteiger partial charge on any atom is -0.508 e. The molecule has 0 amide bonds. The number of aromatic hydroxyl groups is 1. The van der Waals surface area contributed by atoms with Crippen molar-refractivity contribution in [2.24, 2.45) is 0 Å². The van der Waals surface area contributed by atoms with Gasteiger partial charge in [-0.25, -0.2) is 4.79 Å². The molecule has 0 aliphatic carbocycles. The number of hydrogen-bond acceptors (Lipinski definition) is 3. The molecule has 102 valence electrons. The Labute approximate surface area is 118 Å². The van der Waals surface area contributed by atoms with E-state index in [1.165, 1.54) is 13.2 Å². The maximum Gasteiger partial charge on any atom is 0.330 e. The number of phenolic OH excluding ortho intramolecular Hbond substituents is 1. The number of hydrogen-bond donors (Lipinski definition) is 1. The second kappa shape index (κ2) is 6.06. The molecule has 2 aromatic carbocycles. The van der Waals surface area contributed by atoms with E-state index in [9.17, 15) is 9.90 Å². The van der Waals surface area contributed by atoms with Crippen molar-refractivity contribution in [2.45, 2.75) is 6.92 Å². The van der Waals surface area contributed by atoms with Gasteiger partial charge in [-0.2, -0.15) is 0 Å². The Morgan fingerprint density at radius 1 is 1.00 bits per heavy atom. The molecule has 0 radical (unpaired) electrons. The highest BCUT2D eigenvalue weighted by Gasteiger charge is 2.02. The van der Waals surface area contributed by atoms with Crippen molar-refractivity contribution in [3.05, 3.63) is 60.2 Å². The fraction of sp³-hybridized carbons (Fsp3) is 0.118. The first-order valence-corrected chi connectivity index (χ1v) is 6.26. The molecular weight excluding hydrogens is 252 g/mol. The summed E-state index contributed by atoms with van der Waals surface area (Å²) >= 11 is 0. The van der Waals surface area contributed by atoms with Crippen LogP contribution < -0.4 is 0 Å². The van der Waals surface area contributed by atoms with Crippen LogP contribution in [0.4, 0.5) is 0 Å². The Balaban J connectivity index is 2.24. The van der Waals surface area contributed by atoms with Gasteiger partial charge in [0.1, 0.15) is 5.75 Å². The van der Waals surface area contributed by atoms with Crippen LogP contribution in [0.15, 0.2) is 54.6 Å². The maximum absolute atomic E-state index is 11.2. The maximum atomic E-state index is 11.2. The van der Waals surface area contributed by atoms with Crippen molar-refractivity contribution in [1.82, 2.24) is 0 Å². The SMILES string of the molecule is COC(=O)/C=C(\C)c1ccc(-c2ccc(O)cc2)cc1. The van der Waals surface area contributed by atoms with Crippen LogP contribution in [0.5, 0.6) is 5.75 Å². The summed E-state index contributed by atoms with van der Waals surface area (Å²) < 4.78 is 4.61. The number of benzene rings is 2. The van der Waals surface area contributed by atoms with E-state index in [-0.39, 0.29) is 11.7 Å². The van der Waals surface area contributed by atoms with Crippen LogP contribution in [-0.2, 0) is 9.53 Å². The van der Waals surface area contributed by atoms with E-state index in [0.29, 0.717) is 0 Å². The summed E-state index contributed by atoms with van der Waals surface area (Å²) in [5.41, 5.74) is 3.91. The molecule has 2 rings (SSSR count). The molecule has 20 heavy (non-hydrogen) atoms. The van der Waals surface area contributed by atoms with Crippen LogP contribution in [0, 0.1) is 0 Å². The van der Waals surface area contributed by atoms with E-state index >= 15 is 0 Å². The highest BCUT2D eigenvalue weighted by molar-refractivity contribution is 5.91. The third-order valence-corrected chi connectivity index (χ3v) is 3.08. The van der Waals surface area contributed by atoms with Gasteiger partial charge in [0, 0.05) is 6.08 Å². The molecule has 0 aliphatic rings. The predicted octanol–water partition coefficient (Wildman–Crippen LogP) is 3.64. The number of rotatable bonds is 3. The first kappa shape index (κ1) is 13.9. The zero-order valence-corrected chi connectivity index (χ0v) is 11.5. The second-order valence-electron chi connectivity index (χ2n) is 4.47. The van der Waals surface area contributed by atoms with Crippen molar-refractivity contribution in [1.29, 1.82) is 0 Å². The standard InChI is InChI=1S/C17H16O3/c1-12(11-17(19)20-2)13-3-5-14(6-4-13)15-7-9-16(18)10-8-15/h3-11,18H,1-2H3/b12-11+. The molecule has 0 aromatic heterocycles. The largest absolute Gasteiger partial charge is 0.508 e. The Bertz CT molecular complexity index is 622. The Kier molecular flexibility index (Phi) is 4.20. The number of allylic oxidation sites excluding steroid dienone is 1. The van der Waals surface area contributed by atoms with Gasteiger partial charge in [-0.05, 0) is 41.3 Å². The Morgan fingerprint density at radius 2 is 1.50 bits per heavy atom. The van der Waals surface area contributed by atoms with E-state index in [2.05, 4.69) is 4.74 Å². The molecule has 1 N–H and O–H groups in total. The molecule has 0 heterocycles. The monoisotopic (exact) mass is 268 g/mol. The van der Waals surface area contributed by atoms with E-state index in [0.717, 1.165) is 22.3 Å². The van der Waals surface area contributed by atoms with Crippen LogP contribution in [0.2, 0.25) is 0 Å². The van der Waals surface area contributed by atoms with Crippen molar-refractivity contribution in [3.8, 4) is 16.9 Å². The molecule has 3 nitrogen and oxygen atoms in total. The average Bonchev–Trinajstić information content (AvgIpc) is 2.48. The normalized spacial score (nSPS) is 11.2. The van der Waals surface area contributed by atoms with Crippen molar-refractivity contribution in [3.63, 3.8) is 0 Å². The highest BCUT2D eigenvalue weighted by Crippen LogP contribution is 2.24. The molecule has 0 saturated heterocycles. The Hall–Kier alpha value is -2.55. The lowest BCUT2D eigenvalue weighted by molar-refractivity contribution is -0.134. The number of esters is 1. The van der Waals surface area contributed by atoms with Crippen LogP contribution in [0.1, 0.15) is 12.5 Å². The zero-order valence-electron chi connectivity index (χ0n) is 11.5. The molecule has 3 heteroatoms. The van der Waals surface area contributed by atoms with Gasteiger partial charge < -0.3 is 9.84 Å². The smallest absolute Gasteiger partial charge is 0.330 e. The minimum absolute atomic E-state index is 0.252. The summed E-state index contributed by atoms with van der Waals surface area (Å²) in [6, 6.07) is 14.9. The molecular formula is C17H16O3. The number of methoxy groups -OCH3 is 1. The van der Waals surface area contributed by atoms with Gasteiger partial charge >= 0.3 is 5.97 Å². The van der Waals surface area contributed by atoms with Crippen molar-refractivity contribution >= 4 is 11.5 Å². The number of carbonyl (C=O) groups excluding carboxylic acids is 1. The fourth-order valence-corrected chi connectivity index (χ4v) is 1.90. The van der Waals surface area contributed by atoms with Gasteiger partial charge in [0.15, 0.2) is 0 Å². The van der Waals surface area contributed by atoms with Gasteiger partial charge in [0.05, 0.1) is 7.11 Å². The summed E-state index contributed by atoms with van der Waals surface area (Å²) in [5, 5.41) is 9.28. The average molecular weight is 268 g/mol. The van der Waals surface area contributed by atoms with Gasteiger partial charge in [-0.15, -0.1) is 0 Å². The highest BCUT2D eigenvalue weighted by atomic mass is 16.5. The lowest BCUT2D eigenvalue weighted by Crippen LogP contribution is -1.95. The van der Waals surface area contributed by atoms with Gasteiger partial charge in [-0.1, -0.05) is 36.4 Å². The van der Waals surface area contributed by atoms with Crippen LogP contribution in [0.25, 0.3) is 16.7 Å². The quantitative estimate of drug-likeness (QED) is 0.683. The third kappa shape index (κ3) is 3.26. The summed E-state index contributed by atoms with van der Waals surface area (Å²) in [6.07, 6.45) is 1.47. The molecule has 0 bridgehead atoms. The van der Waals surface area contributed by atoms with E-state index in [4.69, 9.17) is 0 Å². The lowest BCUT2D eigenvalue weighted by Gasteiger charge is -2.05. The predicted molar refractivity (Wildman–Crippen MR) is 79.2 cm³/mol. The lowest BCUT2D eigenvalue weighted by atomic mass is 10.0. The molecule has 0 aliphatic heterocycles. The van der Waals surface area contributed by atoms with Crippen molar-refractivity contribution in [2.75, 3.05) is 7.11 Å². The van der Waals surface area contributed by atoms with Gasteiger partial charge in [-0.3, -0.25) is 0 Å². The summed E-state index contributed by atoms with van der Waals surface area (Å²) in [6.45, 7) is 1.87. The third-order valence-electron chi connectivity index (χ3n) is 3.08. The summed E-state index contributed by atoms with van der Waals surface area (Å²) in [7, 11) is 1.36. The molecule has 0 fully saturated rings. The molecule has 0 atom stereocenters. The van der Waals surface area contributed by atoms with Gasteiger partial charge in [0.2, 0.25) is 0 Å². The molecule has 0 unspecified atom stereocenters.